The van der Waals surface area contributed by atoms with E-state index in [-0.39, 0.29) is 17.0 Å². The number of likely N-dealkylation sites (N-methyl/N-ethyl adjacent to an activating group) is 1. The van der Waals surface area contributed by atoms with E-state index >= 15 is 0 Å². The van der Waals surface area contributed by atoms with Gasteiger partial charge in [-0.3, -0.25) is 0 Å². The van der Waals surface area contributed by atoms with Crippen LogP contribution in [0.15, 0.2) is 60.7 Å². The molecule has 0 aliphatic carbocycles. The molecule has 0 spiro atoms. The van der Waals surface area contributed by atoms with Crippen molar-refractivity contribution in [3.8, 4) is 11.8 Å². The summed E-state index contributed by atoms with van der Waals surface area (Å²) in [6, 6.07) is 18.1. The number of nitrogens with zero attached hydrogens (tertiary/aromatic N) is 1. The third kappa shape index (κ3) is 7.08. The van der Waals surface area contributed by atoms with E-state index < -0.39 is 0 Å². The first-order valence-electron chi connectivity index (χ1n) is 8.48. The molecular formula is C22H25BrClN. The number of hydrogen-bond donors (Lipinski definition) is 0. The molecule has 0 aliphatic heterocycles. The van der Waals surface area contributed by atoms with Crippen molar-refractivity contribution in [3.05, 3.63) is 76.8 Å². The summed E-state index contributed by atoms with van der Waals surface area (Å²) in [5.41, 5.74) is 2.26. The first kappa shape index (κ1) is 21.5. The van der Waals surface area contributed by atoms with Gasteiger partial charge in [-0.2, -0.15) is 0 Å². The van der Waals surface area contributed by atoms with Crippen molar-refractivity contribution in [2.75, 3.05) is 26.2 Å². The molecule has 132 valence electrons. The Bertz CT molecular complexity index is 707. The fourth-order valence-corrected chi connectivity index (χ4v) is 2.72. The first-order chi connectivity index (χ1) is 11.7. The van der Waals surface area contributed by atoms with Crippen LogP contribution in [-0.2, 0) is 0 Å². The SMILES string of the molecule is CC[N+](CC)(CC#Cc1ccc(Cl)cc1)CC=Cc1ccccc1.[Br-]. The van der Waals surface area contributed by atoms with Crippen molar-refractivity contribution in [2.45, 2.75) is 13.8 Å². The Balaban J connectivity index is 0.00000312. The maximum Gasteiger partial charge on any atom is 0.141 e. The van der Waals surface area contributed by atoms with Gasteiger partial charge in [0.05, 0.1) is 19.6 Å². The summed E-state index contributed by atoms with van der Waals surface area (Å²) < 4.78 is 0.976. The minimum atomic E-state index is 0. The maximum absolute atomic E-state index is 5.91. The van der Waals surface area contributed by atoms with Crippen LogP contribution in [0.2, 0.25) is 5.02 Å². The van der Waals surface area contributed by atoms with Crippen LogP contribution >= 0.6 is 11.6 Å². The molecule has 0 saturated heterocycles. The highest BCUT2D eigenvalue weighted by Crippen LogP contribution is 2.10. The van der Waals surface area contributed by atoms with Gasteiger partial charge < -0.3 is 21.5 Å². The van der Waals surface area contributed by atoms with Gasteiger partial charge in [0.1, 0.15) is 6.54 Å². The lowest BCUT2D eigenvalue weighted by molar-refractivity contribution is -0.912. The van der Waals surface area contributed by atoms with Crippen LogP contribution in [0.1, 0.15) is 25.0 Å². The molecule has 0 unspecified atom stereocenters. The average Bonchev–Trinajstić information content (AvgIpc) is 2.63. The fourth-order valence-electron chi connectivity index (χ4n) is 2.59. The highest BCUT2D eigenvalue weighted by Gasteiger charge is 2.19. The molecule has 0 heterocycles. The Morgan fingerprint density at radius 3 is 2.20 bits per heavy atom. The minimum absolute atomic E-state index is 0. The van der Waals surface area contributed by atoms with E-state index in [0.29, 0.717) is 0 Å². The lowest BCUT2D eigenvalue weighted by atomic mass is 10.2. The van der Waals surface area contributed by atoms with Gasteiger partial charge in [-0.05, 0) is 55.7 Å². The predicted octanol–water partition coefficient (Wildman–Crippen LogP) is 2.27. The van der Waals surface area contributed by atoms with E-state index in [2.05, 4.69) is 62.1 Å². The van der Waals surface area contributed by atoms with E-state index in [4.69, 9.17) is 11.6 Å². The number of benzene rings is 2. The summed E-state index contributed by atoms with van der Waals surface area (Å²) >= 11 is 5.91. The molecule has 0 amide bonds. The summed E-state index contributed by atoms with van der Waals surface area (Å²) in [5, 5.41) is 0.749. The van der Waals surface area contributed by atoms with Crippen molar-refractivity contribution < 1.29 is 21.5 Å². The highest BCUT2D eigenvalue weighted by molar-refractivity contribution is 6.30. The summed E-state index contributed by atoms with van der Waals surface area (Å²) in [5.74, 6) is 6.61. The highest BCUT2D eigenvalue weighted by atomic mass is 79.9. The zero-order valence-electron chi connectivity index (χ0n) is 14.9. The molecule has 0 atom stereocenters. The summed E-state index contributed by atoms with van der Waals surface area (Å²) in [7, 11) is 0. The third-order valence-corrected chi connectivity index (χ3v) is 4.69. The van der Waals surface area contributed by atoms with Crippen molar-refractivity contribution >= 4 is 17.7 Å². The Morgan fingerprint density at radius 2 is 1.60 bits per heavy atom. The molecule has 2 aromatic rings. The predicted molar refractivity (Wildman–Crippen MR) is 105 cm³/mol. The molecule has 0 N–H and O–H groups in total. The Hall–Kier alpha value is -1.53. The zero-order chi connectivity index (χ0) is 17.3. The van der Waals surface area contributed by atoms with Crippen molar-refractivity contribution in [1.82, 2.24) is 0 Å². The van der Waals surface area contributed by atoms with Gasteiger partial charge in [0.15, 0.2) is 0 Å². The van der Waals surface area contributed by atoms with E-state index in [1.165, 1.54) is 5.56 Å². The second-order valence-electron chi connectivity index (χ2n) is 5.94. The molecule has 2 rings (SSSR count). The summed E-state index contributed by atoms with van der Waals surface area (Å²) in [6.07, 6.45) is 4.47. The normalized spacial score (nSPS) is 10.8. The van der Waals surface area contributed by atoms with Crippen LogP contribution < -0.4 is 17.0 Å². The number of rotatable bonds is 6. The van der Waals surface area contributed by atoms with E-state index in [0.717, 1.165) is 41.2 Å². The van der Waals surface area contributed by atoms with Gasteiger partial charge in [0.25, 0.3) is 0 Å². The molecule has 0 aliphatic rings. The Labute approximate surface area is 167 Å². The van der Waals surface area contributed by atoms with Gasteiger partial charge in [-0.1, -0.05) is 53.9 Å². The number of quaternary nitrogens is 1. The van der Waals surface area contributed by atoms with E-state index in [1.54, 1.807) is 0 Å². The second kappa shape index (κ2) is 11.2. The molecule has 0 saturated carbocycles. The molecule has 25 heavy (non-hydrogen) atoms. The minimum Gasteiger partial charge on any atom is -1.00 e. The van der Waals surface area contributed by atoms with Gasteiger partial charge in [0.2, 0.25) is 0 Å². The van der Waals surface area contributed by atoms with Crippen molar-refractivity contribution in [1.29, 1.82) is 0 Å². The van der Waals surface area contributed by atoms with Crippen LogP contribution in [0.5, 0.6) is 0 Å². The van der Waals surface area contributed by atoms with Crippen LogP contribution in [0.25, 0.3) is 6.08 Å². The summed E-state index contributed by atoms with van der Waals surface area (Å²) in [4.78, 5) is 0. The van der Waals surface area contributed by atoms with Gasteiger partial charge in [-0.25, -0.2) is 0 Å². The lowest BCUT2D eigenvalue weighted by Crippen LogP contribution is -3.00. The van der Waals surface area contributed by atoms with Crippen LogP contribution in [0.4, 0.5) is 0 Å². The third-order valence-electron chi connectivity index (χ3n) is 4.44. The second-order valence-corrected chi connectivity index (χ2v) is 6.37. The molecule has 0 radical (unpaired) electrons. The molecule has 0 bridgehead atoms. The standard InChI is InChI=1S/C22H25ClN.BrH/c1-3-24(4-2,18-8-12-20-10-6-5-7-11-20)19-9-13-21-14-16-22(23)17-15-21;/h5-8,10-12,14-17H,3-4,18-19H2,1-2H3;1H/q+1;/p-1. The molecule has 0 aromatic heterocycles. The largest absolute Gasteiger partial charge is 1.00 e. The van der Waals surface area contributed by atoms with E-state index in [9.17, 15) is 0 Å². The number of halogens is 2. The van der Waals surface area contributed by atoms with Crippen LogP contribution in [-0.4, -0.2) is 30.7 Å². The summed E-state index contributed by atoms with van der Waals surface area (Å²) in [6.45, 7) is 8.48. The van der Waals surface area contributed by atoms with Crippen molar-refractivity contribution in [3.63, 3.8) is 0 Å². The molecular weight excluding hydrogens is 394 g/mol. The van der Waals surface area contributed by atoms with Crippen LogP contribution in [0, 0.1) is 11.8 Å². The monoisotopic (exact) mass is 417 g/mol. The van der Waals surface area contributed by atoms with Gasteiger partial charge in [-0.15, -0.1) is 0 Å². The Kier molecular flexibility index (Phi) is 9.60. The quantitative estimate of drug-likeness (QED) is 0.499. The van der Waals surface area contributed by atoms with Gasteiger partial charge >= 0.3 is 0 Å². The van der Waals surface area contributed by atoms with Gasteiger partial charge in [0, 0.05) is 10.6 Å². The molecule has 2 aromatic carbocycles. The fraction of sp³-hybridized carbons (Fsp3) is 0.273. The Morgan fingerprint density at radius 1 is 0.960 bits per heavy atom. The zero-order valence-corrected chi connectivity index (χ0v) is 17.2. The van der Waals surface area contributed by atoms with E-state index in [1.807, 2.05) is 30.3 Å². The lowest BCUT2D eigenvalue weighted by Gasteiger charge is -2.33. The smallest absolute Gasteiger partial charge is 0.141 e. The van der Waals surface area contributed by atoms with Crippen molar-refractivity contribution in [2.24, 2.45) is 0 Å². The number of hydrogen-bond acceptors (Lipinski definition) is 0. The molecule has 3 heteroatoms. The topological polar surface area (TPSA) is 0 Å². The average molecular weight is 419 g/mol. The first-order valence-corrected chi connectivity index (χ1v) is 8.86. The molecule has 1 nitrogen and oxygen atoms in total. The maximum atomic E-state index is 5.91. The van der Waals surface area contributed by atoms with Crippen LogP contribution in [0.3, 0.4) is 0 Å². The molecule has 0 fully saturated rings.